The normalized spacial score (nSPS) is 23.5. The molecule has 0 unspecified atom stereocenters. The molecular formula is C19H19F6N3O3S. The van der Waals surface area contributed by atoms with Crippen molar-refractivity contribution in [2.45, 2.75) is 31.3 Å². The van der Waals surface area contributed by atoms with Gasteiger partial charge in [-0.1, -0.05) is 11.3 Å². The number of alkyl halides is 6. The molecule has 176 valence electrons. The second-order valence-corrected chi connectivity index (χ2v) is 8.64. The zero-order chi connectivity index (χ0) is 23.1. The average molecular weight is 483 g/mol. The van der Waals surface area contributed by atoms with E-state index in [-0.39, 0.29) is 41.4 Å². The lowest BCUT2D eigenvalue weighted by atomic mass is 9.95. The van der Waals surface area contributed by atoms with Crippen molar-refractivity contribution in [2.75, 3.05) is 31.9 Å². The highest BCUT2D eigenvalue weighted by atomic mass is 32.1. The zero-order valence-corrected chi connectivity index (χ0v) is 17.6. The molecule has 3 atom stereocenters. The topological polar surface area (TPSA) is 56.7 Å². The number of benzene rings is 1. The number of nitrogens with zero attached hydrogens (tertiary/aromatic N) is 3. The third-order valence-corrected chi connectivity index (χ3v) is 6.57. The maximum atomic E-state index is 13.1. The fourth-order valence-electron chi connectivity index (χ4n) is 4.14. The molecule has 6 nitrogen and oxygen atoms in total. The van der Waals surface area contributed by atoms with Crippen LogP contribution in [0.2, 0.25) is 0 Å². The predicted molar refractivity (Wildman–Crippen MR) is 102 cm³/mol. The quantitative estimate of drug-likeness (QED) is 0.433. The number of methoxy groups -OCH3 is 1. The van der Waals surface area contributed by atoms with Gasteiger partial charge in [0.15, 0.2) is 18.3 Å². The molecular weight excluding hydrogens is 464 g/mol. The second-order valence-electron chi connectivity index (χ2n) is 7.68. The molecule has 1 saturated heterocycles. The lowest BCUT2D eigenvalue weighted by molar-refractivity contribution is -0.138. The van der Waals surface area contributed by atoms with E-state index < -0.39 is 22.9 Å². The molecule has 0 amide bonds. The molecule has 2 aromatic rings. The molecule has 1 aromatic heterocycles. The number of fused-ring (bicyclic) bond motifs is 2. The van der Waals surface area contributed by atoms with E-state index in [1.807, 2.05) is 0 Å². The molecule has 0 radical (unpaired) electrons. The van der Waals surface area contributed by atoms with E-state index in [0.29, 0.717) is 24.4 Å². The summed E-state index contributed by atoms with van der Waals surface area (Å²) in [5.74, 6) is 0.0391. The molecule has 1 saturated carbocycles. The largest absolute Gasteiger partial charge is 0.486 e. The molecule has 1 aromatic carbocycles. The number of anilines is 1. The number of halogens is 6. The Labute approximate surface area is 183 Å². The summed E-state index contributed by atoms with van der Waals surface area (Å²) in [6.45, 7) is 0.590. The van der Waals surface area contributed by atoms with Gasteiger partial charge in [0.2, 0.25) is 10.1 Å². The van der Waals surface area contributed by atoms with Gasteiger partial charge >= 0.3 is 12.4 Å². The first-order valence-electron chi connectivity index (χ1n) is 9.71. The molecule has 1 aliphatic heterocycles. The second kappa shape index (κ2) is 8.58. The van der Waals surface area contributed by atoms with Gasteiger partial charge in [-0.3, -0.25) is 0 Å². The van der Waals surface area contributed by atoms with Gasteiger partial charge in [-0.25, -0.2) is 0 Å². The fraction of sp³-hybridized carbons (Fsp3) is 0.579. The van der Waals surface area contributed by atoms with E-state index in [9.17, 15) is 26.3 Å². The summed E-state index contributed by atoms with van der Waals surface area (Å²) >= 11 is 0.496. The van der Waals surface area contributed by atoms with Crippen molar-refractivity contribution >= 4 is 16.5 Å². The monoisotopic (exact) mass is 483 g/mol. The summed E-state index contributed by atoms with van der Waals surface area (Å²) < 4.78 is 94.0. The zero-order valence-electron chi connectivity index (χ0n) is 16.7. The van der Waals surface area contributed by atoms with Gasteiger partial charge in [-0.15, -0.1) is 10.2 Å². The molecule has 0 N–H and O–H groups in total. The molecule has 2 heterocycles. The average Bonchev–Trinajstić information content (AvgIpc) is 3.29. The van der Waals surface area contributed by atoms with Gasteiger partial charge in [0, 0.05) is 32.0 Å². The van der Waals surface area contributed by atoms with Crippen molar-refractivity contribution in [3.8, 4) is 11.5 Å². The number of aromatic nitrogens is 2. The summed E-state index contributed by atoms with van der Waals surface area (Å²) in [5, 5.41) is 6.13. The SMILES string of the molecule is COCOc1cc(C(F)(F)F)ccc1O[C@@H]1[C@@H]2CC[C@H]1CN(c1nnc(C(F)(F)F)s1)C2. The smallest absolute Gasteiger partial charge is 0.445 e. The van der Waals surface area contributed by atoms with E-state index in [1.165, 1.54) is 13.2 Å². The first-order valence-corrected chi connectivity index (χ1v) is 10.5. The Balaban J connectivity index is 1.50. The van der Waals surface area contributed by atoms with Crippen molar-refractivity contribution in [1.82, 2.24) is 10.2 Å². The van der Waals surface area contributed by atoms with Crippen molar-refractivity contribution in [1.29, 1.82) is 0 Å². The number of rotatable bonds is 6. The van der Waals surface area contributed by atoms with Gasteiger partial charge in [-0.2, -0.15) is 26.3 Å². The third kappa shape index (κ3) is 4.72. The maximum Gasteiger partial charge on any atom is 0.445 e. The first kappa shape index (κ1) is 22.9. The van der Waals surface area contributed by atoms with Crippen LogP contribution >= 0.6 is 11.3 Å². The third-order valence-electron chi connectivity index (χ3n) is 5.54. The summed E-state index contributed by atoms with van der Waals surface area (Å²) in [5.41, 5.74) is -0.870. The highest BCUT2D eigenvalue weighted by molar-refractivity contribution is 7.15. The Morgan fingerprint density at radius 3 is 2.25 bits per heavy atom. The Hall–Kier alpha value is -2.28. The minimum Gasteiger partial charge on any atom is -0.486 e. The van der Waals surface area contributed by atoms with Crippen molar-refractivity contribution in [3.05, 3.63) is 28.8 Å². The van der Waals surface area contributed by atoms with Gasteiger partial charge in [0.05, 0.1) is 5.56 Å². The summed E-state index contributed by atoms with van der Waals surface area (Å²) in [4.78, 5) is 1.77. The molecule has 2 fully saturated rings. The number of ether oxygens (including phenoxy) is 3. The molecule has 13 heteroatoms. The van der Waals surface area contributed by atoms with Crippen LogP contribution in [-0.2, 0) is 17.1 Å². The Kier molecular flexibility index (Phi) is 6.14. The lowest BCUT2D eigenvalue weighted by Gasteiger charge is -2.37. The Bertz CT molecular complexity index is 937. The number of hydrogen-bond acceptors (Lipinski definition) is 7. The minimum absolute atomic E-state index is 0.0236. The minimum atomic E-state index is -4.54. The van der Waals surface area contributed by atoms with Crippen LogP contribution in [-0.4, -0.2) is 43.3 Å². The fourth-order valence-corrected chi connectivity index (χ4v) is 4.87. The molecule has 0 spiro atoms. The molecule has 4 rings (SSSR count). The molecule has 2 bridgehead atoms. The van der Waals surface area contributed by atoms with Gasteiger partial charge in [0.1, 0.15) is 6.10 Å². The van der Waals surface area contributed by atoms with Gasteiger partial charge in [0.25, 0.3) is 0 Å². The molecule has 2 aliphatic rings. The van der Waals surface area contributed by atoms with E-state index in [0.717, 1.165) is 25.0 Å². The van der Waals surface area contributed by atoms with Crippen LogP contribution in [0, 0.1) is 11.8 Å². The number of hydrogen-bond donors (Lipinski definition) is 0. The first-order chi connectivity index (χ1) is 15.1. The molecule has 32 heavy (non-hydrogen) atoms. The standard InChI is InChI=1S/C19H19F6N3O3S/c1-29-9-30-14-6-12(18(20,21)22)4-5-13(14)31-15-10-2-3-11(15)8-28(7-10)17-27-26-16(32-17)19(23,24)25/h4-6,10-11,15H,2-3,7-9H2,1H3/t10-,11+,15-. The Morgan fingerprint density at radius 2 is 1.69 bits per heavy atom. The van der Waals surface area contributed by atoms with E-state index in [4.69, 9.17) is 14.2 Å². The molecule has 1 aliphatic carbocycles. The highest BCUT2D eigenvalue weighted by Crippen LogP contribution is 2.44. The van der Waals surface area contributed by atoms with E-state index in [1.54, 1.807) is 4.90 Å². The van der Waals surface area contributed by atoms with E-state index in [2.05, 4.69) is 10.2 Å². The van der Waals surface area contributed by atoms with Gasteiger partial charge in [-0.05, 0) is 31.0 Å². The lowest BCUT2D eigenvalue weighted by Crippen LogP contribution is -2.47. The summed E-state index contributed by atoms with van der Waals surface area (Å²) in [6.07, 6.45) is -7.82. The summed E-state index contributed by atoms with van der Waals surface area (Å²) in [7, 11) is 1.35. The van der Waals surface area contributed by atoms with Crippen LogP contribution in [0.5, 0.6) is 11.5 Å². The van der Waals surface area contributed by atoms with E-state index >= 15 is 0 Å². The van der Waals surface area contributed by atoms with Crippen LogP contribution in [0.3, 0.4) is 0 Å². The summed E-state index contributed by atoms with van der Waals surface area (Å²) in [6, 6.07) is 3.01. The number of piperidine rings is 1. The van der Waals surface area contributed by atoms with Gasteiger partial charge < -0.3 is 19.1 Å². The van der Waals surface area contributed by atoms with Crippen molar-refractivity contribution in [2.24, 2.45) is 11.8 Å². The van der Waals surface area contributed by atoms with Crippen LogP contribution in [0.4, 0.5) is 31.5 Å². The van der Waals surface area contributed by atoms with Crippen molar-refractivity contribution in [3.63, 3.8) is 0 Å². The maximum absolute atomic E-state index is 13.1. The predicted octanol–water partition coefficient (Wildman–Crippen LogP) is 4.85. The van der Waals surface area contributed by atoms with Crippen LogP contribution in [0.25, 0.3) is 0 Å². The Morgan fingerprint density at radius 1 is 1.00 bits per heavy atom. The van der Waals surface area contributed by atoms with Crippen molar-refractivity contribution < 1.29 is 40.6 Å². The van der Waals surface area contributed by atoms with Crippen LogP contribution in [0.1, 0.15) is 23.4 Å². The van der Waals surface area contributed by atoms with Crippen LogP contribution in [0.15, 0.2) is 18.2 Å². The van der Waals surface area contributed by atoms with Crippen LogP contribution < -0.4 is 14.4 Å². The highest BCUT2D eigenvalue weighted by Gasteiger charge is 2.45.